The molecule has 0 heterocycles. The minimum Gasteiger partial charge on any atom is -0.491 e. The van der Waals surface area contributed by atoms with E-state index in [0.717, 1.165) is 25.0 Å². The normalized spacial score (nSPS) is 23.2. The first kappa shape index (κ1) is 16.3. The predicted molar refractivity (Wildman–Crippen MR) is 83.8 cm³/mol. The van der Waals surface area contributed by atoms with E-state index in [2.05, 4.69) is 24.4 Å². The van der Waals surface area contributed by atoms with Gasteiger partial charge in [0.15, 0.2) is 0 Å². The van der Waals surface area contributed by atoms with E-state index in [4.69, 9.17) is 9.47 Å². The summed E-state index contributed by atoms with van der Waals surface area (Å²) in [6, 6.07) is 8.38. The monoisotopic (exact) mass is 293 g/mol. The molecule has 21 heavy (non-hydrogen) atoms. The summed E-state index contributed by atoms with van der Waals surface area (Å²) in [6.45, 7) is 2.97. The quantitative estimate of drug-likeness (QED) is 0.771. The summed E-state index contributed by atoms with van der Waals surface area (Å²) in [5, 5.41) is 13.4. The van der Waals surface area contributed by atoms with Crippen LogP contribution in [0.5, 0.6) is 5.75 Å². The lowest BCUT2D eigenvalue weighted by atomic mass is 10.2. The number of methoxy groups -OCH3 is 1. The summed E-state index contributed by atoms with van der Waals surface area (Å²) in [4.78, 5) is 0. The minimum atomic E-state index is -0.506. The molecule has 4 heteroatoms. The molecule has 1 aromatic rings. The molecule has 0 aliphatic heterocycles. The lowest BCUT2D eigenvalue weighted by molar-refractivity contribution is 0.0687. The van der Waals surface area contributed by atoms with Crippen molar-refractivity contribution in [2.24, 2.45) is 0 Å². The first-order valence-corrected chi connectivity index (χ1v) is 7.89. The van der Waals surface area contributed by atoms with Crippen molar-refractivity contribution in [2.75, 3.05) is 20.3 Å². The van der Waals surface area contributed by atoms with Crippen LogP contribution < -0.4 is 10.1 Å². The highest BCUT2D eigenvalue weighted by Gasteiger charge is 2.26. The smallest absolute Gasteiger partial charge is 0.119 e. The van der Waals surface area contributed by atoms with Crippen LogP contribution in [0.25, 0.3) is 0 Å². The number of ether oxygens (including phenoxy) is 2. The Kier molecular flexibility index (Phi) is 6.49. The third-order valence-electron chi connectivity index (χ3n) is 4.14. The summed E-state index contributed by atoms with van der Waals surface area (Å²) in [5.41, 5.74) is 1.29. The Morgan fingerprint density at radius 1 is 1.29 bits per heavy atom. The lowest BCUT2D eigenvalue weighted by Crippen LogP contribution is -2.42. The fourth-order valence-corrected chi connectivity index (χ4v) is 2.80. The third kappa shape index (κ3) is 4.99. The standard InChI is InChI=1S/C17H27NO3/c1-3-13-7-9-15(10-8-13)21-12-14(19)11-18-16-5-4-6-17(16)20-2/h7-10,14,16-19H,3-6,11-12H2,1-2H3. The molecule has 0 aromatic heterocycles. The topological polar surface area (TPSA) is 50.7 Å². The number of aliphatic hydroxyl groups is 1. The van der Waals surface area contributed by atoms with Gasteiger partial charge in [0.05, 0.1) is 6.10 Å². The third-order valence-corrected chi connectivity index (χ3v) is 4.14. The molecule has 2 N–H and O–H groups in total. The Balaban J connectivity index is 1.68. The van der Waals surface area contributed by atoms with Gasteiger partial charge in [-0.15, -0.1) is 0 Å². The van der Waals surface area contributed by atoms with Crippen LogP contribution in [0.2, 0.25) is 0 Å². The van der Waals surface area contributed by atoms with E-state index in [1.807, 2.05) is 12.1 Å². The average molecular weight is 293 g/mol. The van der Waals surface area contributed by atoms with E-state index in [1.54, 1.807) is 7.11 Å². The second-order valence-electron chi connectivity index (χ2n) is 5.68. The van der Waals surface area contributed by atoms with Gasteiger partial charge in [-0.3, -0.25) is 0 Å². The molecular weight excluding hydrogens is 266 g/mol. The Morgan fingerprint density at radius 2 is 2.05 bits per heavy atom. The molecule has 118 valence electrons. The van der Waals surface area contributed by atoms with Gasteiger partial charge in [-0.2, -0.15) is 0 Å². The molecule has 3 unspecified atom stereocenters. The molecule has 0 amide bonds. The van der Waals surface area contributed by atoms with Crippen molar-refractivity contribution in [1.82, 2.24) is 5.32 Å². The molecule has 1 fully saturated rings. The summed E-state index contributed by atoms with van der Waals surface area (Å²) in [5.74, 6) is 0.807. The number of rotatable bonds is 8. The number of aryl methyl sites for hydroxylation is 1. The highest BCUT2D eigenvalue weighted by atomic mass is 16.5. The van der Waals surface area contributed by atoms with E-state index in [9.17, 15) is 5.11 Å². The van der Waals surface area contributed by atoms with Crippen molar-refractivity contribution in [3.05, 3.63) is 29.8 Å². The van der Waals surface area contributed by atoms with Crippen molar-refractivity contribution in [3.63, 3.8) is 0 Å². The number of hydrogen-bond acceptors (Lipinski definition) is 4. The second-order valence-corrected chi connectivity index (χ2v) is 5.68. The molecule has 4 nitrogen and oxygen atoms in total. The van der Waals surface area contributed by atoms with Gasteiger partial charge in [0.1, 0.15) is 18.5 Å². The minimum absolute atomic E-state index is 0.278. The van der Waals surface area contributed by atoms with E-state index >= 15 is 0 Å². The Bertz CT molecular complexity index is 407. The molecule has 1 aromatic carbocycles. The summed E-state index contributed by atoms with van der Waals surface area (Å²) in [7, 11) is 1.75. The van der Waals surface area contributed by atoms with Crippen LogP contribution in [0.15, 0.2) is 24.3 Å². The number of hydrogen-bond donors (Lipinski definition) is 2. The van der Waals surface area contributed by atoms with Crippen LogP contribution in [0.1, 0.15) is 31.7 Å². The molecule has 0 spiro atoms. The first-order chi connectivity index (χ1) is 10.2. The fourth-order valence-electron chi connectivity index (χ4n) is 2.80. The second kappa shape index (κ2) is 8.37. The van der Waals surface area contributed by atoms with Crippen molar-refractivity contribution >= 4 is 0 Å². The molecule has 3 atom stereocenters. The molecular formula is C17H27NO3. The maximum Gasteiger partial charge on any atom is 0.119 e. The molecule has 0 radical (unpaired) electrons. The maximum absolute atomic E-state index is 10.0. The molecule has 1 aliphatic carbocycles. The maximum atomic E-state index is 10.0. The largest absolute Gasteiger partial charge is 0.491 e. The summed E-state index contributed by atoms with van der Waals surface area (Å²) in [6.07, 6.45) is 4.20. The van der Waals surface area contributed by atoms with Gasteiger partial charge in [-0.25, -0.2) is 0 Å². The van der Waals surface area contributed by atoms with Gasteiger partial charge in [0.25, 0.3) is 0 Å². The molecule has 1 saturated carbocycles. The van der Waals surface area contributed by atoms with Crippen molar-refractivity contribution in [2.45, 2.75) is 50.9 Å². The molecule has 0 saturated heterocycles. The van der Waals surface area contributed by atoms with E-state index < -0.39 is 6.10 Å². The van der Waals surface area contributed by atoms with Gasteiger partial charge >= 0.3 is 0 Å². The zero-order chi connectivity index (χ0) is 15.1. The van der Waals surface area contributed by atoms with Crippen LogP contribution in [-0.2, 0) is 11.2 Å². The Labute approximate surface area is 127 Å². The van der Waals surface area contributed by atoms with Gasteiger partial charge < -0.3 is 19.9 Å². The number of nitrogens with one attached hydrogen (secondary N) is 1. The molecule has 1 aliphatic rings. The summed E-state index contributed by atoms with van der Waals surface area (Å²) < 4.78 is 11.0. The highest BCUT2D eigenvalue weighted by Crippen LogP contribution is 2.21. The van der Waals surface area contributed by atoms with Gasteiger partial charge in [-0.1, -0.05) is 19.1 Å². The number of aliphatic hydroxyl groups excluding tert-OH is 1. The highest BCUT2D eigenvalue weighted by molar-refractivity contribution is 5.27. The van der Waals surface area contributed by atoms with Crippen LogP contribution >= 0.6 is 0 Å². The van der Waals surface area contributed by atoms with E-state index in [0.29, 0.717) is 19.2 Å². The average Bonchev–Trinajstić information content (AvgIpc) is 2.99. The van der Waals surface area contributed by atoms with Crippen LogP contribution in [0.3, 0.4) is 0 Å². The summed E-state index contributed by atoms with van der Waals surface area (Å²) >= 11 is 0. The van der Waals surface area contributed by atoms with Crippen molar-refractivity contribution in [1.29, 1.82) is 0 Å². The molecule has 2 rings (SSSR count). The SMILES string of the molecule is CCc1ccc(OCC(O)CNC2CCCC2OC)cc1. The van der Waals surface area contributed by atoms with Crippen LogP contribution in [-0.4, -0.2) is 43.6 Å². The first-order valence-electron chi connectivity index (χ1n) is 7.89. The Morgan fingerprint density at radius 3 is 2.71 bits per heavy atom. The predicted octanol–water partition coefficient (Wildman–Crippen LogP) is 2.15. The lowest BCUT2D eigenvalue weighted by Gasteiger charge is -2.21. The van der Waals surface area contributed by atoms with Gasteiger partial charge in [0, 0.05) is 19.7 Å². The van der Waals surface area contributed by atoms with Crippen molar-refractivity contribution < 1.29 is 14.6 Å². The van der Waals surface area contributed by atoms with Crippen LogP contribution in [0, 0.1) is 0 Å². The zero-order valence-electron chi connectivity index (χ0n) is 13.0. The molecule has 0 bridgehead atoms. The van der Waals surface area contributed by atoms with Crippen molar-refractivity contribution in [3.8, 4) is 5.75 Å². The fraction of sp³-hybridized carbons (Fsp3) is 0.647. The van der Waals surface area contributed by atoms with Gasteiger partial charge in [0.2, 0.25) is 0 Å². The Hall–Kier alpha value is -1.10. The van der Waals surface area contributed by atoms with Crippen LogP contribution in [0.4, 0.5) is 0 Å². The van der Waals surface area contributed by atoms with Gasteiger partial charge in [-0.05, 0) is 43.4 Å². The number of benzene rings is 1. The zero-order valence-corrected chi connectivity index (χ0v) is 13.0. The van der Waals surface area contributed by atoms with E-state index in [-0.39, 0.29) is 6.10 Å². The van der Waals surface area contributed by atoms with E-state index in [1.165, 1.54) is 12.0 Å².